The Morgan fingerprint density at radius 2 is 1.74 bits per heavy atom. The smallest absolute Gasteiger partial charge is 0.265 e. The van der Waals surface area contributed by atoms with E-state index in [9.17, 15) is 16.8 Å². The van der Waals surface area contributed by atoms with Crippen LogP contribution >= 0.6 is 10.7 Å². The van der Waals surface area contributed by atoms with E-state index < -0.39 is 18.9 Å². The first-order valence-corrected chi connectivity index (χ1v) is 9.74. The van der Waals surface area contributed by atoms with Crippen molar-refractivity contribution in [2.45, 2.75) is 18.7 Å². The van der Waals surface area contributed by atoms with Crippen molar-refractivity contribution in [2.24, 2.45) is 0 Å². The molecule has 1 rings (SSSR count). The summed E-state index contributed by atoms with van der Waals surface area (Å²) in [4.78, 5) is -0.139. The molecule has 1 aromatic rings. The van der Waals surface area contributed by atoms with Crippen molar-refractivity contribution in [1.82, 2.24) is 0 Å². The molecule has 1 aromatic carbocycles. The van der Waals surface area contributed by atoms with Crippen molar-refractivity contribution >= 4 is 29.6 Å². The highest BCUT2D eigenvalue weighted by Crippen LogP contribution is 2.31. The van der Waals surface area contributed by atoms with E-state index in [1.165, 1.54) is 6.07 Å². The van der Waals surface area contributed by atoms with Crippen molar-refractivity contribution in [2.75, 3.05) is 18.6 Å². The summed E-state index contributed by atoms with van der Waals surface area (Å²) < 4.78 is 50.3. The Hall–Kier alpha value is -0.790. The van der Waals surface area contributed by atoms with Gasteiger partial charge in [-0.1, -0.05) is 6.07 Å². The molecule has 0 aromatic heterocycles. The number of halogens is 1. The van der Waals surface area contributed by atoms with E-state index in [-0.39, 0.29) is 23.0 Å². The lowest BCUT2D eigenvalue weighted by molar-refractivity contribution is 0.330. The third-order valence-corrected chi connectivity index (χ3v) is 4.58. The summed E-state index contributed by atoms with van der Waals surface area (Å²) in [6.07, 6.45) is 1.08. The molecule has 0 aliphatic heterocycles. The molecule has 19 heavy (non-hydrogen) atoms. The summed E-state index contributed by atoms with van der Waals surface area (Å²) in [5.41, 5.74) is 1.32. The molecule has 0 heterocycles. The van der Waals surface area contributed by atoms with E-state index in [0.717, 1.165) is 11.8 Å². The predicted octanol–water partition coefficient (Wildman–Crippen LogP) is 1.65. The molecule has 0 aliphatic rings. The maximum Gasteiger partial charge on any atom is 0.265 e. The lowest BCUT2D eigenvalue weighted by Crippen LogP contribution is -2.13. The average molecular weight is 327 g/mol. The van der Waals surface area contributed by atoms with Gasteiger partial charge in [0.25, 0.3) is 9.05 Å². The summed E-state index contributed by atoms with van der Waals surface area (Å²) in [7, 11) is -1.77. The van der Waals surface area contributed by atoms with Crippen LogP contribution in [0, 0.1) is 13.8 Å². The van der Waals surface area contributed by atoms with E-state index in [1.54, 1.807) is 19.9 Å². The third-order valence-electron chi connectivity index (χ3n) is 2.35. The van der Waals surface area contributed by atoms with Crippen LogP contribution < -0.4 is 4.74 Å². The lowest BCUT2D eigenvalue weighted by Gasteiger charge is -2.13. The second kappa shape index (κ2) is 5.68. The Morgan fingerprint density at radius 3 is 2.21 bits per heavy atom. The Balaban J connectivity index is 3.13. The van der Waals surface area contributed by atoms with Crippen LogP contribution in [0.2, 0.25) is 0 Å². The number of aryl methyl sites for hydroxylation is 2. The largest absolute Gasteiger partial charge is 0.491 e. The minimum atomic E-state index is -3.95. The summed E-state index contributed by atoms with van der Waals surface area (Å²) in [5, 5.41) is 0. The molecule has 8 heteroatoms. The zero-order chi connectivity index (χ0) is 14.8. The number of benzene rings is 1. The highest BCUT2D eigenvalue weighted by atomic mass is 35.7. The third kappa shape index (κ3) is 5.00. The van der Waals surface area contributed by atoms with Crippen molar-refractivity contribution in [3.63, 3.8) is 0 Å². The van der Waals surface area contributed by atoms with Gasteiger partial charge in [-0.2, -0.15) is 0 Å². The van der Waals surface area contributed by atoms with Crippen LogP contribution in [0.5, 0.6) is 5.75 Å². The number of hydrogen-bond acceptors (Lipinski definition) is 5. The van der Waals surface area contributed by atoms with Crippen LogP contribution in [-0.4, -0.2) is 35.5 Å². The molecule has 0 N–H and O–H groups in total. The number of hydrogen-bond donors (Lipinski definition) is 0. The topological polar surface area (TPSA) is 77.5 Å². The van der Waals surface area contributed by atoms with E-state index in [1.807, 2.05) is 0 Å². The molecule has 0 atom stereocenters. The van der Waals surface area contributed by atoms with Gasteiger partial charge < -0.3 is 4.74 Å². The van der Waals surface area contributed by atoms with Crippen molar-refractivity contribution < 1.29 is 21.6 Å². The van der Waals surface area contributed by atoms with Crippen LogP contribution in [0.1, 0.15) is 11.1 Å². The molecule has 0 bridgehead atoms. The molecule has 0 unspecified atom stereocenters. The standard InChI is InChI=1S/C11H15ClO5S2/c1-8-6-9(2)11(10(7-8)19(12,15)16)17-4-5-18(3,13)14/h6-7H,4-5H2,1-3H3. The van der Waals surface area contributed by atoms with Crippen molar-refractivity contribution in [3.8, 4) is 5.75 Å². The molecular formula is C11H15ClO5S2. The van der Waals surface area contributed by atoms with Gasteiger partial charge >= 0.3 is 0 Å². The van der Waals surface area contributed by atoms with E-state index >= 15 is 0 Å². The van der Waals surface area contributed by atoms with Gasteiger partial charge in [-0.05, 0) is 31.0 Å². The van der Waals surface area contributed by atoms with Gasteiger partial charge in [0.15, 0.2) is 9.84 Å². The molecule has 0 fully saturated rings. The van der Waals surface area contributed by atoms with Gasteiger partial charge in [-0.25, -0.2) is 16.8 Å². The predicted molar refractivity (Wildman–Crippen MR) is 74.2 cm³/mol. The molecule has 0 saturated carbocycles. The second-order valence-corrected chi connectivity index (χ2v) is 9.12. The molecular weight excluding hydrogens is 312 g/mol. The van der Waals surface area contributed by atoms with Gasteiger partial charge in [0.05, 0.1) is 5.75 Å². The van der Waals surface area contributed by atoms with Crippen LogP contribution in [0.15, 0.2) is 17.0 Å². The monoisotopic (exact) mass is 326 g/mol. The van der Waals surface area contributed by atoms with Crippen LogP contribution in [0.4, 0.5) is 0 Å². The molecule has 108 valence electrons. The first kappa shape index (κ1) is 16.3. The van der Waals surface area contributed by atoms with Gasteiger partial charge in [0.1, 0.15) is 17.3 Å². The van der Waals surface area contributed by atoms with Gasteiger partial charge in [0, 0.05) is 16.9 Å². The first-order valence-electron chi connectivity index (χ1n) is 5.37. The Morgan fingerprint density at radius 1 is 1.16 bits per heavy atom. The van der Waals surface area contributed by atoms with Crippen molar-refractivity contribution in [1.29, 1.82) is 0 Å². The fraction of sp³-hybridized carbons (Fsp3) is 0.455. The molecule has 0 spiro atoms. The molecule has 0 radical (unpaired) electrons. The fourth-order valence-corrected chi connectivity index (χ4v) is 3.07. The molecule has 5 nitrogen and oxygen atoms in total. The SMILES string of the molecule is Cc1cc(C)c(OCCS(C)(=O)=O)c(S(=O)(=O)Cl)c1. The number of rotatable bonds is 5. The maximum atomic E-state index is 11.5. The lowest BCUT2D eigenvalue weighted by atomic mass is 10.1. The maximum absolute atomic E-state index is 11.5. The molecule has 0 aliphatic carbocycles. The Labute approximate surface area is 117 Å². The minimum Gasteiger partial charge on any atom is -0.491 e. The fourth-order valence-electron chi connectivity index (χ4n) is 1.58. The normalized spacial score (nSPS) is 12.4. The summed E-state index contributed by atoms with van der Waals surface area (Å²) in [5.74, 6) is -0.0912. The van der Waals surface area contributed by atoms with E-state index in [2.05, 4.69) is 0 Å². The second-order valence-electron chi connectivity index (χ2n) is 4.33. The summed E-state index contributed by atoms with van der Waals surface area (Å²) in [6.45, 7) is 3.29. The highest BCUT2D eigenvalue weighted by Gasteiger charge is 2.20. The molecule has 0 saturated heterocycles. The van der Waals surface area contributed by atoms with Crippen LogP contribution in [0.25, 0.3) is 0 Å². The Bertz CT molecular complexity index is 677. The van der Waals surface area contributed by atoms with Gasteiger partial charge in [-0.15, -0.1) is 0 Å². The number of ether oxygens (including phenoxy) is 1. The zero-order valence-corrected chi connectivity index (χ0v) is 13.2. The Kier molecular flexibility index (Phi) is 4.86. The van der Waals surface area contributed by atoms with E-state index in [4.69, 9.17) is 15.4 Å². The van der Waals surface area contributed by atoms with Gasteiger partial charge in [-0.3, -0.25) is 0 Å². The summed E-state index contributed by atoms with van der Waals surface area (Å²) in [6, 6.07) is 3.13. The average Bonchev–Trinajstić information content (AvgIpc) is 2.17. The highest BCUT2D eigenvalue weighted by molar-refractivity contribution is 8.13. The van der Waals surface area contributed by atoms with Crippen LogP contribution in [0.3, 0.4) is 0 Å². The quantitative estimate of drug-likeness (QED) is 0.769. The van der Waals surface area contributed by atoms with Gasteiger partial charge in [0.2, 0.25) is 0 Å². The summed E-state index contributed by atoms with van der Waals surface area (Å²) >= 11 is 0. The number of sulfone groups is 1. The first-order chi connectivity index (χ1) is 8.50. The van der Waals surface area contributed by atoms with Crippen LogP contribution in [-0.2, 0) is 18.9 Å². The molecule has 0 amide bonds. The minimum absolute atomic E-state index is 0.101. The zero-order valence-electron chi connectivity index (χ0n) is 10.8. The van der Waals surface area contributed by atoms with E-state index in [0.29, 0.717) is 5.56 Å². The van der Waals surface area contributed by atoms with Crippen molar-refractivity contribution in [3.05, 3.63) is 23.3 Å².